The standard InChI is InChI=1S/C17H17ClN2O4/c1-22-13-8-7-12(16(9-13)23-2)10-19-20-17(21)11-24-15-6-4-3-5-14(15)18/h3-10H,11H2,1-2H3,(H,20,21)/b19-10+. The van der Waals surface area contributed by atoms with Gasteiger partial charge in [-0.05, 0) is 24.3 Å². The van der Waals surface area contributed by atoms with E-state index in [9.17, 15) is 4.79 Å². The first-order chi connectivity index (χ1) is 11.6. The van der Waals surface area contributed by atoms with Crippen LogP contribution in [0.25, 0.3) is 0 Å². The van der Waals surface area contributed by atoms with Gasteiger partial charge in [0.05, 0.1) is 25.5 Å². The van der Waals surface area contributed by atoms with Crippen LogP contribution in [-0.4, -0.2) is 32.9 Å². The van der Waals surface area contributed by atoms with E-state index in [0.717, 1.165) is 0 Å². The van der Waals surface area contributed by atoms with Crippen LogP contribution in [0.5, 0.6) is 17.2 Å². The Balaban J connectivity index is 1.89. The van der Waals surface area contributed by atoms with Gasteiger partial charge in [-0.2, -0.15) is 5.10 Å². The highest BCUT2D eigenvalue weighted by molar-refractivity contribution is 6.32. The summed E-state index contributed by atoms with van der Waals surface area (Å²) >= 11 is 5.94. The molecule has 0 atom stereocenters. The van der Waals surface area contributed by atoms with Gasteiger partial charge in [-0.3, -0.25) is 4.79 Å². The lowest BCUT2D eigenvalue weighted by molar-refractivity contribution is -0.123. The van der Waals surface area contributed by atoms with Crippen molar-refractivity contribution in [2.24, 2.45) is 5.10 Å². The predicted molar refractivity (Wildman–Crippen MR) is 92.2 cm³/mol. The van der Waals surface area contributed by atoms with Gasteiger partial charge in [0.2, 0.25) is 0 Å². The molecule has 0 aromatic heterocycles. The molecule has 0 aliphatic carbocycles. The molecule has 2 rings (SSSR count). The third kappa shape index (κ3) is 4.89. The highest BCUT2D eigenvalue weighted by Gasteiger charge is 2.05. The van der Waals surface area contributed by atoms with Crippen molar-refractivity contribution in [3.05, 3.63) is 53.1 Å². The summed E-state index contributed by atoms with van der Waals surface area (Å²) in [5.41, 5.74) is 3.08. The number of rotatable bonds is 7. The maximum atomic E-state index is 11.7. The maximum absolute atomic E-state index is 11.7. The lowest BCUT2D eigenvalue weighted by Gasteiger charge is -2.07. The second-order valence-corrected chi connectivity index (χ2v) is 5.03. The number of ether oxygens (including phenoxy) is 3. The van der Waals surface area contributed by atoms with Crippen molar-refractivity contribution in [2.75, 3.05) is 20.8 Å². The summed E-state index contributed by atoms with van der Waals surface area (Å²) in [4.78, 5) is 11.7. The number of hydrogen-bond acceptors (Lipinski definition) is 5. The molecule has 2 aromatic rings. The van der Waals surface area contributed by atoms with Crippen LogP contribution in [0.1, 0.15) is 5.56 Å². The van der Waals surface area contributed by atoms with Crippen molar-refractivity contribution in [1.29, 1.82) is 0 Å². The number of amides is 1. The molecule has 1 amide bonds. The largest absolute Gasteiger partial charge is 0.497 e. The Hall–Kier alpha value is -2.73. The Kier molecular flexibility index (Phi) is 6.45. The second kappa shape index (κ2) is 8.79. The zero-order chi connectivity index (χ0) is 17.4. The van der Waals surface area contributed by atoms with E-state index in [1.54, 1.807) is 56.7 Å². The van der Waals surface area contributed by atoms with Gasteiger partial charge in [0, 0.05) is 11.6 Å². The van der Waals surface area contributed by atoms with Crippen molar-refractivity contribution in [1.82, 2.24) is 5.43 Å². The lowest BCUT2D eigenvalue weighted by atomic mass is 10.2. The highest BCUT2D eigenvalue weighted by atomic mass is 35.5. The Labute approximate surface area is 145 Å². The molecule has 0 radical (unpaired) electrons. The van der Waals surface area contributed by atoms with Crippen LogP contribution < -0.4 is 19.6 Å². The maximum Gasteiger partial charge on any atom is 0.277 e. The zero-order valence-corrected chi connectivity index (χ0v) is 14.0. The number of nitrogens with zero attached hydrogens (tertiary/aromatic N) is 1. The van der Waals surface area contributed by atoms with E-state index in [0.29, 0.717) is 27.8 Å². The van der Waals surface area contributed by atoms with Crippen LogP contribution in [-0.2, 0) is 4.79 Å². The highest BCUT2D eigenvalue weighted by Crippen LogP contribution is 2.23. The summed E-state index contributed by atoms with van der Waals surface area (Å²) in [5.74, 6) is 1.29. The average molecular weight is 349 g/mol. The smallest absolute Gasteiger partial charge is 0.277 e. The number of para-hydroxylation sites is 1. The number of carbonyl (C=O) groups is 1. The molecule has 0 spiro atoms. The molecule has 7 heteroatoms. The molecule has 0 heterocycles. The number of nitrogens with one attached hydrogen (secondary N) is 1. The van der Waals surface area contributed by atoms with Gasteiger partial charge in [0.1, 0.15) is 17.2 Å². The van der Waals surface area contributed by atoms with Crippen LogP contribution in [0.15, 0.2) is 47.6 Å². The van der Waals surface area contributed by atoms with Crippen molar-refractivity contribution >= 4 is 23.7 Å². The molecule has 24 heavy (non-hydrogen) atoms. The molecular formula is C17H17ClN2O4. The van der Waals surface area contributed by atoms with Gasteiger partial charge in [0.25, 0.3) is 5.91 Å². The first kappa shape index (κ1) is 17.6. The number of benzene rings is 2. The van der Waals surface area contributed by atoms with E-state index < -0.39 is 5.91 Å². The molecule has 1 N–H and O–H groups in total. The molecule has 126 valence electrons. The Morgan fingerprint density at radius 2 is 1.96 bits per heavy atom. The molecule has 0 saturated carbocycles. The third-order valence-electron chi connectivity index (χ3n) is 3.03. The summed E-state index contributed by atoms with van der Waals surface area (Å²) in [6.45, 7) is -0.194. The minimum Gasteiger partial charge on any atom is -0.497 e. The molecule has 0 bridgehead atoms. The normalized spacial score (nSPS) is 10.5. The van der Waals surface area contributed by atoms with E-state index in [4.69, 9.17) is 25.8 Å². The molecular weight excluding hydrogens is 332 g/mol. The van der Waals surface area contributed by atoms with E-state index in [1.165, 1.54) is 6.21 Å². The van der Waals surface area contributed by atoms with E-state index in [2.05, 4.69) is 10.5 Å². The fourth-order valence-electron chi connectivity index (χ4n) is 1.84. The van der Waals surface area contributed by atoms with Gasteiger partial charge in [-0.25, -0.2) is 5.43 Å². The Morgan fingerprint density at radius 3 is 2.67 bits per heavy atom. The topological polar surface area (TPSA) is 69.2 Å². The summed E-state index contributed by atoms with van der Waals surface area (Å²) in [6.07, 6.45) is 1.48. The lowest BCUT2D eigenvalue weighted by Crippen LogP contribution is -2.24. The molecule has 2 aromatic carbocycles. The predicted octanol–water partition coefficient (Wildman–Crippen LogP) is 2.89. The average Bonchev–Trinajstić information content (AvgIpc) is 2.61. The van der Waals surface area contributed by atoms with E-state index >= 15 is 0 Å². The zero-order valence-electron chi connectivity index (χ0n) is 13.3. The quantitative estimate of drug-likeness (QED) is 0.617. The van der Waals surface area contributed by atoms with Crippen molar-refractivity contribution < 1.29 is 19.0 Å². The number of carbonyl (C=O) groups excluding carboxylic acids is 1. The third-order valence-corrected chi connectivity index (χ3v) is 3.34. The van der Waals surface area contributed by atoms with Gasteiger partial charge in [0.15, 0.2) is 6.61 Å². The van der Waals surface area contributed by atoms with Gasteiger partial charge in [-0.15, -0.1) is 0 Å². The van der Waals surface area contributed by atoms with Crippen molar-refractivity contribution in [3.8, 4) is 17.2 Å². The van der Waals surface area contributed by atoms with Crippen molar-refractivity contribution in [3.63, 3.8) is 0 Å². The number of halogens is 1. The fourth-order valence-corrected chi connectivity index (χ4v) is 2.03. The Morgan fingerprint density at radius 1 is 1.17 bits per heavy atom. The summed E-state index contributed by atoms with van der Waals surface area (Å²) < 4.78 is 15.7. The number of methoxy groups -OCH3 is 2. The van der Waals surface area contributed by atoms with E-state index in [-0.39, 0.29) is 6.61 Å². The van der Waals surface area contributed by atoms with Gasteiger partial charge in [-0.1, -0.05) is 23.7 Å². The monoisotopic (exact) mass is 348 g/mol. The summed E-state index contributed by atoms with van der Waals surface area (Å²) in [5, 5.41) is 4.32. The summed E-state index contributed by atoms with van der Waals surface area (Å²) in [6, 6.07) is 12.2. The first-order valence-corrected chi connectivity index (χ1v) is 7.43. The van der Waals surface area contributed by atoms with Crippen LogP contribution in [0.2, 0.25) is 5.02 Å². The molecule has 0 aliphatic heterocycles. The minimum absolute atomic E-state index is 0.194. The second-order valence-electron chi connectivity index (χ2n) is 4.62. The Bertz CT molecular complexity index is 734. The van der Waals surface area contributed by atoms with Gasteiger partial charge < -0.3 is 14.2 Å². The summed E-state index contributed by atoms with van der Waals surface area (Å²) in [7, 11) is 3.11. The van der Waals surface area contributed by atoms with Gasteiger partial charge >= 0.3 is 0 Å². The first-order valence-electron chi connectivity index (χ1n) is 7.05. The van der Waals surface area contributed by atoms with Crippen LogP contribution in [0.3, 0.4) is 0 Å². The van der Waals surface area contributed by atoms with Crippen LogP contribution in [0.4, 0.5) is 0 Å². The molecule has 0 unspecified atom stereocenters. The SMILES string of the molecule is COc1ccc(/C=N/NC(=O)COc2ccccc2Cl)c(OC)c1. The number of hydrazone groups is 1. The molecule has 6 nitrogen and oxygen atoms in total. The molecule has 0 fully saturated rings. The van der Waals surface area contributed by atoms with Crippen LogP contribution >= 0.6 is 11.6 Å². The fraction of sp³-hybridized carbons (Fsp3) is 0.176. The van der Waals surface area contributed by atoms with E-state index in [1.807, 2.05) is 0 Å². The molecule has 0 saturated heterocycles. The minimum atomic E-state index is -0.404. The molecule has 0 aliphatic rings. The van der Waals surface area contributed by atoms with Crippen molar-refractivity contribution in [2.45, 2.75) is 0 Å². The number of hydrogen-bond donors (Lipinski definition) is 1. The van der Waals surface area contributed by atoms with Crippen LogP contribution in [0, 0.1) is 0 Å².